The van der Waals surface area contributed by atoms with Crippen molar-refractivity contribution in [2.75, 3.05) is 13.1 Å². The van der Waals surface area contributed by atoms with Crippen LogP contribution in [0.15, 0.2) is 43.0 Å². The van der Waals surface area contributed by atoms with Crippen molar-refractivity contribution in [1.82, 2.24) is 29.9 Å². The molecule has 3 aromatic heterocycles. The summed E-state index contributed by atoms with van der Waals surface area (Å²) in [6.07, 6.45) is 7.93. The van der Waals surface area contributed by atoms with E-state index in [9.17, 15) is 4.79 Å². The van der Waals surface area contributed by atoms with E-state index < -0.39 is 0 Å². The molecule has 1 amide bonds. The first-order valence-corrected chi connectivity index (χ1v) is 9.39. The van der Waals surface area contributed by atoms with Crippen molar-refractivity contribution in [3.8, 4) is 11.7 Å². The van der Waals surface area contributed by atoms with Crippen LogP contribution >= 0.6 is 11.6 Å². The summed E-state index contributed by atoms with van der Waals surface area (Å²) in [6.45, 7) is 3.04. The number of hydrogen-bond donors (Lipinski definition) is 0. The molecular formula is C19H19ClN6O2. The van der Waals surface area contributed by atoms with Gasteiger partial charge in [-0.1, -0.05) is 11.6 Å². The van der Waals surface area contributed by atoms with Gasteiger partial charge in [0, 0.05) is 25.0 Å². The Morgan fingerprint density at radius 3 is 2.79 bits per heavy atom. The van der Waals surface area contributed by atoms with Gasteiger partial charge in [-0.25, -0.2) is 9.97 Å². The lowest BCUT2D eigenvalue weighted by Crippen LogP contribution is -2.44. The fourth-order valence-corrected chi connectivity index (χ4v) is 3.31. The molecule has 1 aliphatic rings. The third-order valence-electron chi connectivity index (χ3n) is 4.50. The lowest BCUT2D eigenvalue weighted by molar-refractivity contribution is 0.0527. The van der Waals surface area contributed by atoms with Gasteiger partial charge in [0.2, 0.25) is 5.88 Å². The van der Waals surface area contributed by atoms with Crippen molar-refractivity contribution >= 4 is 17.5 Å². The maximum atomic E-state index is 13.2. The number of ether oxygens (including phenoxy) is 1. The first kappa shape index (κ1) is 18.4. The minimum atomic E-state index is -0.129. The van der Waals surface area contributed by atoms with Crippen LogP contribution in [0, 0.1) is 6.92 Å². The number of aromatic nitrogens is 5. The maximum absolute atomic E-state index is 13.2. The number of carbonyl (C=O) groups excluding carboxylic acids is 1. The normalized spacial score (nSPS) is 16.8. The third kappa shape index (κ3) is 3.96. The van der Waals surface area contributed by atoms with Gasteiger partial charge < -0.3 is 9.64 Å². The van der Waals surface area contributed by atoms with Crippen LogP contribution in [0.1, 0.15) is 28.8 Å². The van der Waals surface area contributed by atoms with E-state index in [1.807, 2.05) is 13.0 Å². The monoisotopic (exact) mass is 398 g/mol. The molecule has 0 aromatic carbocycles. The average molecular weight is 399 g/mol. The van der Waals surface area contributed by atoms with Gasteiger partial charge in [-0.15, -0.1) is 4.80 Å². The molecular weight excluding hydrogens is 380 g/mol. The zero-order valence-corrected chi connectivity index (χ0v) is 16.1. The Morgan fingerprint density at radius 1 is 1.21 bits per heavy atom. The molecule has 1 fully saturated rings. The van der Waals surface area contributed by atoms with Gasteiger partial charge in [-0.3, -0.25) is 4.79 Å². The number of likely N-dealkylation sites (tertiary alicyclic amines) is 1. The topological polar surface area (TPSA) is 86.0 Å². The second kappa shape index (κ2) is 7.93. The van der Waals surface area contributed by atoms with E-state index in [2.05, 4.69) is 20.2 Å². The van der Waals surface area contributed by atoms with Crippen LogP contribution in [0.2, 0.25) is 5.02 Å². The second-order valence-corrected chi connectivity index (χ2v) is 7.09. The lowest BCUT2D eigenvalue weighted by atomic mass is 10.1. The molecule has 0 unspecified atom stereocenters. The Labute approximate surface area is 167 Å². The van der Waals surface area contributed by atoms with Crippen LogP contribution in [0.5, 0.6) is 5.88 Å². The third-order valence-corrected chi connectivity index (χ3v) is 4.72. The lowest BCUT2D eigenvalue weighted by Gasteiger charge is -2.33. The van der Waals surface area contributed by atoms with E-state index in [1.165, 1.54) is 4.80 Å². The molecule has 1 aliphatic heterocycles. The number of halogens is 1. The van der Waals surface area contributed by atoms with Crippen LogP contribution in [0.25, 0.3) is 5.82 Å². The molecule has 0 spiro atoms. The summed E-state index contributed by atoms with van der Waals surface area (Å²) >= 11 is 5.87. The highest BCUT2D eigenvalue weighted by Gasteiger charge is 2.28. The number of rotatable bonds is 4. The minimum absolute atomic E-state index is 0.110. The van der Waals surface area contributed by atoms with Crippen molar-refractivity contribution in [2.24, 2.45) is 0 Å². The van der Waals surface area contributed by atoms with Crippen molar-refractivity contribution in [2.45, 2.75) is 25.9 Å². The predicted molar refractivity (Wildman–Crippen MR) is 103 cm³/mol. The molecule has 9 heteroatoms. The Balaban J connectivity index is 1.53. The van der Waals surface area contributed by atoms with E-state index in [1.54, 1.807) is 41.8 Å². The molecule has 4 rings (SSSR count). The number of aryl methyl sites for hydroxylation is 1. The zero-order chi connectivity index (χ0) is 19.5. The number of nitrogens with zero attached hydrogens (tertiary/aromatic N) is 6. The molecule has 0 aliphatic carbocycles. The van der Waals surface area contributed by atoms with Crippen molar-refractivity contribution in [3.63, 3.8) is 0 Å². The number of piperidine rings is 1. The first-order chi connectivity index (χ1) is 13.6. The largest absolute Gasteiger partial charge is 0.472 e. The van der Waals surface area contributed by atoms with Crippen molar-refractivity contribution < 1.29 is 9.53 Å². The number of amides is 1. The highest BCUT2D eigenvalue weighted by molar-refractivity contribution is 6.30. The SMILES string of the molecule is Cc1cnc(-n2nccn2)c(C(=O)N2CCC[C@@H](Oc3ccc(Cl)cn3)C2)c1. The van der Waals surface area contributed by atoms with Crippen molar-refractivity contribution in [3.05, 3.63) is 59.1 Å². The summed E-state index contributed by atoms with van der Waals surface area (Å²) in [5.41, 5.74) is 1.37. The second-order valence-electron chi connectivity index (χ2n) is 6.65. The van der Waals surface area contributed by atoms with E-state index >= 15 is 0 Å². The molecule has 1 atom stereocenters. The van der Waals surface area contributed by atoms with Gasteiger partial charge >= 0.3 is 0 Å². The fourth-order valence-electron chi connectivity index (χ4n) is 3.20. The number of pyridine rings is 2. The van der Waals surface area contributed by atoms with Gasteiger partial charge in [0.05, 0.1) is 29.5 Å². The van der Waals surface area contributed by atoms with Crippen LogP contribution in [-0.2, 0) is 0 Å². The standard InChI is InChI=1S/C19H19ClN6O2/c1-13-9-16(18(22-10-13)26-23-6-7-24-26)19(27)25-8-2-3-15(12-25)28-17-5-4-14(20)11-21-17/h4-7,9-11,15H,2-3,8,12H2,1H3/t15-/m1/s1. The summed E-state index contributed by atoms with van der Waals surface area (Å²) in [7, 11) is 0. The summed E-state index contributed by atoms with van der Waals surface area (Å²) in [4.78, 5) is 24.9. The molecule has 0 N–H and O–H groups in total. The predicted octanol–water partition coefficient (Wildman–Crippen LogP) is 2.70. The molecule has 1 saturated heterocycles. The summed E-state index contributed by atoms with van der Waals surface area (Å²) in [5.74, 6) is 0.811. The maximum Gasteiger partial charge on any atom is 0.257 e. The molecule has 28 heavy (non-hydrogen) atoms. The molecule has 4 heterocycles. The molecule has 0 saturated carbocycles. The molecule has 8 nitrogen and oxygen atoms in total. The highest BCUT2D eigenvalue weighted by atomic mass is 35.5. The molecule has 0 bridgehead atoms. The molecule has 0 radical (unpaired) electrons. The Bertz CT molecular complexity index is 961. The van der Waals surface area contributed by atoms with E-state index in [0.29, 0.717) is 35.4 Å². The van der Waals surface area contributed by atoms with E-state index in [0.717, 1.165) is 18.4 Å². The van der Waals surface area contributed by atoms with E-state index in [-0.39, 0.29) is 12.0 Å². The minimum Gasteiger partial charge on any atom is -0.472 e. The van der Waals surface area contributed by atoms with Gasteiger partial charge in [-0.05, 0) is 37.5 Å². The van der Waals surface area contributed by atoms with Gasteiger partial charge in [0.15, 0.2) is 5.82 Å². The Hall–Kier alpha value is -3.00. The van der Waals surface area contributed by atoms with Crippen LogP contribution < -0.4 is 4.74 Å². The number of carbonyl (C=O) groups is 1. The van der Waals surface area contributed by atoms with Gasteiger partial charge in [0.25, 0.3) is 5.91 Å². The summed E-state index contributed by atoms with van der Waals surface area (Å²) in [5, 5.41) is 8.78. The first-order valence-electron chi connectivity index (χ1n) is 9.01. The highest BCUT2D eigenvalue weighted by Crippen LogP contribution is 2.21. The van der Waals surface area contributed by atoms with Crippen molar-refractivity contribution in [1.29, 1.82) is 0 Å². The Morgan fingerprint density at radius 2 is 2.04 bits per heavy atom. The van der Waals surface area contributed by atoms with Gasteiger partial charge in [0.1, 0.15) is 6.10 Å². The summed E-state index contributed by atoms with van der Waals surface area (Å²) in [6, 6.07) is 5.28. The summed E-state index contributed by atoms with van der Waals surface area (Å²) < 4.78 is 5.94. The quantitative estimate of drug-likeness (QED) is 0.671. The Kier molecular flexibility index (Phi) is 5.21. The molecule has 144 valence electrons. The van der Waals surface area contributed by atoms with Crippen LogP contribution in [-0.4, -0.2) is 55.0 Å². The van der Waals surface area contributed by atoms with Crippen LogP contribution in [0.4, 0.5) is 0 Å². The van der Waals surface area contributed by atoms with Gasteiger partial charge in [-0.2, -0.15) is 10.2 Å². The fraction of sp³-hybridized carbons (Fsp3) is 0.316. The number of hydrogen-bond acceptors (Lipinski definition) is 6. The van der Waals surface area contributed by atoms with E-state index in [4.69, 9.17) is 16.3 Å². The van der Waals surface area contributed by atoms with Crippen LogP contribution in [0.3, 0.4) is 0 Å². The average Bonchev–Trinajstić information content (AvgIpc) is 3.24. The molecule has 3 aromatic rings. The smallest absolute Gasteiger partial charge is 0.257 e. The zero-order valence-electron chi connectivity index (χ0n) is 15.3.